The molecule has 0 bridgehead atoms. The van der Waals surface area contributed by atoms with E-state index >= 15 is 0 Å². The Balaban J connectivity index is 1.59. The molecule has 6 heteroatoms. The van der Waals surface area contributed by atoms with Crippen molar-refractivity contribution < 1.29 is 14.3 Å². The molecule has 25 heavy (non-hydrogen) atoms. The smallest absolute Gasteiger partial charge is 0.340 e. The van der Waals surface area contributed by atoms with E-state index in [0.717, 1.165) is 24.8 Å². The van der Waals surface area contributed by atoms with Gasteiger partial charge in [-0.25, -0.2) is 4.79 Å². The Morgan fingerprint density at radius 1 is 1.16 bits per heavy atom. The highest BCUT2D eigenvalue weighted by molar-refractivity contribution is 6.35. The van der Waals surface area contributed by atoms with Gasteiger partial charge >= 0.3 is 5.97 Å². The van der Waals surface area contributed by atoms with Gasteiger partial charge in [-0.15, -0.1) is 0 Å². The molecule has 0 aromatic heterocycles. The lowest BCUT2D eigenvalue weighted by Gasteiger charge is -2.26. The van der Waals surface area contributed by atoms with Gasteiger partial charge in [0.15, 0.2) is 6.61 Å². The molecular formula is C19H17Cl2NO3. The van der Waals surface area contributed by atoms with Crippen LogP contribution in [0.25, 0.3) is 0 Å². The normalized spacial score (nSPS) is 16.0. The molecule has 0 fully saturated rings. The summed E-state index contributed by atoms with van der Waals surface area (Å²) in [6.45, 7) is -0.361. The van der Waals surface area contributed by atoms with Crippen LogP contribution in [0.15, 0.2) is 42.5 Å². The topological polar surface area (TPSA) is 55.4 Å². The monoisotopic (exact) mass is 377 g/mol. The lowest BCUT2D eigenvalue weighted by atomic mass is 9.88. The predicted molar refractivity (Wildman–Crippen MR) is 97.0 cm³/mol. The second-order valence-corrected chi connectivity index (χ2v) is 6.76. The average Bonchev–Trinajstić information content (AvgIpc) is 2.62. The molecule has 2 aromatic carbocycles. The van der Waals surface area contributed by atoms with E-state index in [0.29, 0.717) is 5.02 Å². The van der Waals surface area contributed by atoms with Crippen molar-refractivity contribution in [2.24, 2.45) is 0 Å². The van der Waals surface area contributed by atoms with E-state index < -0.39 is 5.97 Å². The molecule has 0 saturated heterocycles. The summed E-state index contributed by atoms with van der Waals surface area (Å²) in [5.74, 6) is -1.01. The van der Waals surface area contributed by atoms with Crippen LogP contribution in [0.2, 0.25) is 10.0 Å². The van der Waals surface area contributed by atoms with Gasteiger partial charge in [-0.2, -0.15) is 0 Å². The van der Waals surface area contributed by atoms with Crippen molar-refractivity contribution in [3.63, 3.8) is 0 Å². The van der Waals surface area contributed by atoms with E-state index in [2.05, 4.69) is 11.4 Å². The number of fused-ring (bicyclic) bond motifs is 1. The Bertz CT molecular complexity index is 807. The fourth-order valence-corrected chi connectivity index (χ4v) is 3.37. The third-order valence-electron chi connectivity index (χ3n) is 4.19. The number of amides is 1. The number of hydrogen-bond acceptors (Lipinski definition) is 3. The number of halogens is 2. The Labute approximate surface area is 156 Å². The number of carbonyl (C=O) groups excluding carboxylic acids is 2. The van der Waals surface area contributed by atoms with Crippen LogP contribution in [0.1, 0.15) is 40.4 Å². The minimum atomic E-state index is -0.674. The summed E-state index contributed by atoms with van der Waals surface area (Å²) >= 11 is 11.8. The first-order valence-corrected chi connectivity index (χ1v) is 8.79. The maximum absolute atomic E-state index is 12.2. The number of benzene rings is 2. The van der Waals surface area contributed by atoms with E-state index in [1.54, 1.807) is 6.07 Å². The van der Waals surface area contributed by atoms with Crippen LogP contribution >= 0.6 is 23.2 Å². The van der Waals surface area contributed by atoms with Gasteiger partial charge in [-0.1, -0.05) is 47.5 Å². The first-order valence-electron chi connectivity index (χ1n) is 8.04. The molecule has 1 N–H and O–H groups in total. The maximum Gasteiger partial charge on any atom is 0.340 e. The number of esters is 1. The van der Waals surface area contributed by atoms with Crippen LogP contribution in [0, 0.1) is 0 Å². The molecule has 1 aliphatic rings. The second-order valence-electron chi connectivity index (χ2n) is 5.91. The number of carbonyl (C=O) groups is 2. The third-order valence-corrected chi connectivity index (χ3v) is 4.75. The molecule has 4 nitrogen and oxygen atoms in total. The molecular weight excluding hydrogens is 361 g/mol. The molecule has 0 spiro atoms. The second kappa shape index (κ2) is 7.89. The van der Waals surface area contributed by atoms with Crippen LogP contribution in [-0.2, 0) is 16.0 Å². The molecule has 130 valence electrons. The molecule has 1 atom stereocenters. The molecule has 0 radical (unpaired) electrons. The van der Waals surface area contributed by atoms with Crippen LogP contribution < -0.4 is 5.32 Å². The average molecular weight is 378 g/mol. The first kappa shape index (κ1) is 17.8. The summed E-state index contributed by atoms with van der Waals surface area (Å²) in [5, 5.41) is 3.54. The molecule has 2 aromatic rings. The van der Waals surface area contributed by atoms with Crippen molar-refractivity contribution in [2.45, 2.75) is 25.3 Å². The van der Waals surface area contributed by atoms with Crippen molar-refractivity contribution in [1.29, 1.82) is 0 Å². The molecule has 1 unspecified atom stereocenters. The van der Waals surface area contributed by atoms with E-state index in [1.807, 2.05) is 18.2 Å². The Morgan fingerprint density at radius 3 is 2.80 bits per heavy atom. The van der Waals surface area contributed by atoms with E-state index in [9.17, 15) is 9.59 Å². The Morgan fingerprint density at radius 2 is 1.96 bits per heavy atom. The highest BCUT2D eigenvalue weighted by Crippen LogP contribution is 2.29. The fraction of sp³-hybridized carbons (Fsp3) is 0.263. The zero-order valence-corrected chi connectivity index (χ0v) is 14.9. The van der Waals surface area contributed by atoms with Crippen LogP contribution in [0.5, 0.6) is 0 Å². The summed E-state index contributed by atoms with van der Waals surface area (Å²) in [6.07, 6.45) is 2.90. The van der Waals surface area contributed by atoms with Gasteiger partial charge in [0.05, 0.1) is 16.6 Å². The van der Waals surface area contributed by atoms with E-state index in [4.69, 9.17) is 27.9 Å². The van der Waals surface area contributed by atoms with Crippen molar-refractivity contribution in [3.05, 3.63) is 69.2 Å². The quantitative estimate of drug-likeness (QED) is 0.806. The van der Waals surface area contributed by atoms with Gasteiger partial charge in [0, 0.05) is 5.02 Å². The fourth-order valence-electron chi connectivity index (χ4n) is 3.00. The van der Waals surface area contributed by atoms with E-state index in [-0.39, 0.29) is 29.1 Å². The van der Waals surface area contributed by atoms with Crippen LogP contribution in [0.3, 0.4) is 0 Å². The van der Waals surface area contributed by atoms with Crippen molar-refractivity contribution in [2.75, 3.05) is 6.61 Å². The summed E-state index contributed by atoms with van der Waals surface area (Å²) in [6, 6.07) is 12.5. The van der Waals surface area contributed by atoms with Gasteiger partial charge in [-0.3, -0.25) is 4.79 Å². The SMILES string of the molecule is O=C(COC(=O)c1cc(Cl)ccc1Cl)NC1CCCc2ccccc21. The first-order chi connectivity index (χ1) is 12.0. The number of nitrogens with one attached hydrogen (secondary N) is 1. The number of hydrogen-bond donors (Lipinski definition) is 1. The number of rotatable bonds is 4. The van der Waals surface area contributed by atoms with Crippen LogP contribution in [0.4, 0.5) is 0 Å². The highest BCUT2D eigenvalue weighted by atomic mass is 35.5. The zero-order valence-electron chi connectivity index (χ0n) is 13.4. The van der Waals surface area contributed by atoms with Crippen molar-refractivity contribution in [1.82, 2.24) is 5.32 Å². The molecule has 3 rings (SSSR count). The number of aryl methyl sites for hydroxylation is 1. The van der Waals surface area contributed by atoms with Gasteiger partial charge in [0.2, 0.25) is 0 Å². The summed E-state index contributed by atoms with van der Waals surface area (Å²) in [4.78, 5) is 24.2. The Hall–Kier alpha value is -2.04. The lowest BCUT2D eigenvalue weighted by molar-refractivity contribution is -0.125. The Kier molecular flexibility index (Phi) is 5.61. The molecule has 0 aliphatic heterocycles. The minimum Gasteiger partial charge on any atom is -0.452 e. The largest absolute Gasteiger partial charge is 0.452 e. The summed E-state index contributed by atoms with van der Waals surface area (Å²) < 4.78 is 5.06. The van der Waals surface area contributed by atoms with Gasteiger partial charge < -0.3 is 10.1 Å². The van der Waals surface area contributed by atoms with Crippen LogP contribution in [-0.4, -0.2) is 18.5 Å². The lowest BCUT2D eigenvalue weighted by Crippen LogP contribution is -2.34. The molecule has 0 saturated carbocycles. The standard InChI is InChI=1S/C19H17Cl2NO3/c20-13-8-9-16(21)15(10-13)19(24)25-11-18(23)22-17-7-3-5-12-4-1-2-6-14(12)17/h1-2,4,6,8-10,17H,3,5,7,11H2,(H,22,23). The summed E-state index contributed by atoms with van der Waals surface area (Å²) in [7, 11) is 0. The molecule has 0 heterocycles. The van der Waals surface area contributed by atoms with Gasteiger partial charge in [0.1, 0.15) is 0 Å². The summed E-state index contributed by atoms with van der Waals surface area (Å²) in [5.41, 5.74) is 2.53. The minimum absolute atomic E-state index is 0.0501. The number of ether oxygens (including phenoxy) is 1. The molecule has 1 amide bonds. The predicted octanol–water partition coefficient (Wildman–Crippen LogP) is 4.34. The van der Waals surface area contributed by atoms with Gasteiger partial charge in [-0.05, 0) is 48.6 Å². The maximum atomic E-state index is 12.2. The van der Waals surface area contributed by atoms with Crippen molar-refractivity contribution in [3.8, 4) is 0 Å². The third kappa shape index (κ3) is 4.33. The van der Waals surface area contributed by atoms with Gasteiger partial charge in [0.25, 0.3) is 5.91 Å². The van der Waals surface area contributed by atoms with E-state index in [1.165, 1.54) is 17.7 Å². The zero-order chi connectivity index (χ0) is 17.8. The van der Waals surface area contributed by atoms with Crippen molar-refractivity contribution >= 4 is 35.1 Å². The highest BCUT2D eigenvalue weighted by Gasteiger charge is 2.22. The molecule has 1 aliphatic carbocycles.